The summed E-state index contributed by atoms with van der Waals surface area (Å²) in [7, 11) is 0. The van der Waals surface area contributed by atoms with E-state index in [0.29, 0.717) is 10.2 Å². The fourth-order valence-electron chi connectivity index (χ4n) is 1.17. The van der Waals surface area contributed by atoms with Crippen LogP contribution < -0.4 is 10.5 Å². The average molecular weight is 301 g/mol. The maximum absolute atomic E-state index is 12.9. The number of anilines is 1. The SMILES string of the molecule is Nc1cnc(Oc2ccc(F)c(F)c2)c(Br)c1. The van der Waals surface area contributed by atoms with Crippen LogP contribution in [0.4, 0.5) is 14.5 Å². The van der Waals surface area contributed by atoms with Crippen LogP contribution in [0.3, 0.4) is 0 Å². The Bertz CT molecular complexity index is 563. The minimum Gasteiger partial charge on any atom is -0.438 e. The zero-order chi connectivity index (χ0) is 12.4. The van der Waals surface area contributed by atoms with E-state index in [1.54, 1.807) is 6.07 Å². The van der Waals surface area contributed by atoms with Crippen LogP contribution in [0.25, 0.3) is 0 Å². The van der Waals surface area contributed by atoms with Crippen molar-refractivity contribution >= 4 is 21.6 Å². The minimum absolute atomic E-state index is 0.155. The molecule has 0 aliphatic carbocycles. The van der Waals surface area contributed by atoms with Crippen LogP contribution >= 0.6 is 15.9 Å². The van der Waals surface area contributed by atoms with E-state index in [4.69, 9.17) is 10.5 Å². The predicted molar refractivity (Wildman–Crippen MR) is 62.8 cm³/mol. The molecule has 3 nitrogen and oxygen atoms in total. The first kappa shape index (κ1) is 11.8. The molecule has 0 amide bonds. The fourth-order valence-corrected chi connectivity index (χ4v) is 1.61. The van der Waals surface area contributed by atoms with Crippen molar-refractivity contribution in [2.45, 2.75) is 0 Å². The van der Waals surface area contributed by atoms with Gasteiger partial charge in [-0.05, 0) is 34.1 Å². The average Bonchev–Trinajstić information content (AvgIpc) is 2.27. The number of hydrogen-bond acceptors (Lipinski definition) is 3. The molecule has 2 N–H and O–H groups in total. The molecule has 1 aromatic carbocycles. The number of pyridine rings is 1. The molecule has 0 radical (unpaired) electrons. The summed E-state index contributed by atoms with van der Waals surface area (Å²) in [5.74, 6) is -1.53. The van der Waals surface area contributed by atoms with Gasteiger partial charge in [0.05, 0.1) is 16.4 Å². The Labute approximate surface area is 104 Å². The first-order valence-corrected chi connectivity index (χ1v) is 5.39. The van der Waals surface area contributed by atoms with E-state index in [1.165, 1.54) is 12.3 Å². The molecule has 0 bridgehead atoms. The molecule has 0 saturated heterocycles. The lowest BCUT2D eigenvalue weighted by Crippen LogP contribution is -1.93. The number of nitrogens with two attached hydrogens (primary N) is 1. The molecule has 1 heterocycles. The van der Waals surface area contributed by atoms with Crippen molar-refractivity contribution < 1.29 is 13.5 Å². The summed E-state index contributed by atoms with van der Waals surface area (Å²) in [6, 6.07) is 4.83. The summed E-state index contributed by atoms with van der Waals surface area (Å²) in [4.78, 5) is 3.91. The number of hydrogen-bond donors (Lipinski definition) is 1. The van der Waals surface area contributed by atoms with Crippen molar-refractivity contribution in [1.29, 1.82) is 0 Å². The predicted octanol–water partition coefficient (Wildman–Crippen LogP) is 3.50. The van der Waals surface area contributed by atoms with Gasteiger partial charge in [-0.15, -0.1) is 0 Å². The van der Waals surface area contributed by atoms with Crippen molar-refractivity contribution in [2.24, 2.45) is 0 Å². The fraction of sp³-hybridized carbons (Fsp3) is 0. The molecule has 0 atom stereocenters. The second kappa shape index (κ2) is 4.67. The lowest BCUT2D eigenvalue weighted by atomic mass is 10.3. The molecule has 17 heavy (non-hydrogen) atoms. The van der Waals surface area contributed by atoms with E-state index in [0.717, 1.165) is 12.1 Å². The maximum atomic E-state index is 12.9. The molecule has 0 fully saturated rings. The molecule has 2 aromatic rings. The molecular weight excluding hydrogens is 294 g/mol. The molecule has 88 valence electrons. The second-order valence-corrected chi connectivity index (χ2v) is 4.09. The van der Waals surface area contributed by atoms with Gasteiger partial charge in [-0.2, -0.15) is 0 Å². The minimum atomic E-state index is -0.978. The Hall–Kier alpha value is -1.69. The molecule has 0 spiro atoms. The number of nitrogen functional groups attached to an aromatic ring is 1. The zero-order valence-electron chi connectivity index (χ0n) is 8.45. The van der Waals surface area contributed by atoms with Crippen LogP contribution in [-0.2, 0) is 0 Å². The van der Waals surface area contributed by atoms with E-state index >= 15 is 0 Å². The first-order valence-electron chi connectivity index (χ1n) is 4.60. The summed E-state index contributed by atoms with van der Waals surface area (Å²) in [5.41, 5.74) is 5.97. The monoisotopic (exact) mass is 300 g/mol. The van der Waals surface area contributed by atoms with Gasteiger partial charge in [-0.3, -0.25) is 0 Å². The van der Waals surface area contributed by atoms with Crippen LogP contribution in [-0.4, -0.2) is 4.98 Å². The first-order chi connectivity index (χ1) is 8.06. The highest BCUT2D eigenvalue weighted by molar-refractivity contribution is 9.10. The standard InChI is InChI=1S/C11H7BrF2N2O/c12-8-3-6(15)5-16-11(8)17-7-1-2-9(13)10(14)4-7/h1-5H,15H2. The van der Waals surface area contributed by atoms with E-state index < -0.39 is 11.6 Å². The number of halogens is 3. The molecule has 0 aliphatic rings. The summed E-state index contributed by atoms with van der Waals surface area (Å²) >= 11 is 3.20. The van der Waals surface area contributed by atoms with Crippen LogP contribution in [0.15, 0.2) is 34.9 Å². The molecule has 2 rings (SSSR count). The third-order valence-electron chi connectivity index (χ3n) is 1.93. The molecule has 0 saturated carbocycles. The van der Waals surface area contributed by atoms with Crippen LogP contribution in [0.2, 0.25) is 0 Å². The summed E-state index contributed by atoms with van der Waals surface area (Å²) in [6.45, 7) is 0. The van der Waals surface area contributed by atoms with Crippen molar-refractivity contribution in [3.05, 3.63) is 46.6 Å². The van der Waals surface area contributed by atoms with Gasteiger partial charge in [-0.25, -0.2) is 13.8 Å². The Morgan fingerprint density at radius 3 is 2.59 bits per heavy atom. The van der Waals surface area contributed by atoms with Crippen molar-refractivity contribution in [2.75, 3.05) is 5.73 Å². The highest BCUT2D eigenvalue weighted by Crippen LogP contribution is 2.29. The largest absolute Gasteiger partial charge is 0.438 e. The number of aromatic nitrogens is 1. The zero-order valence-corrected chi connectivity index (χ0v) is 10.0. The molecule has 1 aromatic heterocycles. The maximum Gasteiger partial charge on any atom is 0.233 e. The van der Waals surface area contributed by atoms with E-state index in [1.807, 2.05) is 0 Å². The Kier molecular flexibility index (Phi) is 3.23. The van der Waals surface area contributed by atoms with Gasteiger partial charge in [0.25, 0.3) is 0 Å². The number of nitrogens with zero attached hydrogens (tertiary/aromatic N) is 1. The van der Waals surface area contributed by atoms with Crippen LogP contribution in [0, 0.1) is 11.6 Å². The Balaban J connectivity index is 2.28. The number of rotatable bonds is 2. The third-order valence-corrected chi connectivity index (χ3v) is 2.50. The van der Waals surface area contributed by atoms with Gasteiger partial charge < -0.3 is 10.5 Å². The van der Waals surface area contributed by atoms with Crippen molar-refractivity contribution in [3.8, 4) is 11.6 Å². The van der Waals surface area contributed by atoms with Gasteiger partial charge >= 0.3 is 0 Å². The lowest BCUT2D eigenvalue weighted by molar-refractivity contribution is 0.445. The van der Waals surface area contributed by atoms with Gasteiger partial charge in [0.2, 0.25) is 5.88 Å². The molecule has 0 unspecified atom stereocenters. The lowest BCUT2D eigenvalue weighted by Gasteiger charge is -2.07. The number of benzene rings is 1. The smallest absolute Gasteiger partial charge is 0.233 e. The highest BCUT2D eigenvalue weighted by atomic mass is 79.9. The molecular formula is C11H7BrF2N2O. The molecule has 6 heteroatoms. The summed E-state index contributed by atoms with van der Waals surface area (Å²) in [6.07, 6.45) is 1.40. The Morgan fingerprint density at radius 2 is 1.94 bits per heavy atom. The second-order valence-electron chi connectivity index (χ2n) is 3.23. The molecule has 0 aliphatic heterocycles. The van der Waals surface area contributed by atoms with E-state index in [-0.39, 0.29) is 11.6 Å². The summed E-state index contributed by atoms with van der Waals surface area (Å²) in [5, 5.41) is 0. The van der Waals surface area contributed by atoms with E-state index in [2.05, 4.69) is 20.9 Å². The normalized spacial score (nSPS) is 10.3. The number of ether oxygens (including phenoxy) is 1. The van der Waals surface area contributed by atoms with Crippen molar-refractivity contribution in [3.63, 3.8) is 0 Å². The van der Waals surface area contributed by atoms with Gasteiger partial charge in [0, 0.05) is 6.07 Å². The Morgan fingerprint density at radius 1 is 1.18 bits per heavy atom. The van der Waals surface area contributed by atoms with Gasteiger partial charge in [0.1, 0.15) is 5.75 Å². The quantitative estimate of drug-likeness (QED) is 0.923. The summed E-state index contributed by atoms with van der Waals surface area (Å²) < 4.78 is 31.4. The topological polar surface area (TPSA) is 48.1 Å². The van der Waals surface area contributed by atoms with Crippen LogP contribution in [0.5, 0.6) is 11.6 Å². The third kappa shape index (κ3) is 2.71. The highest BCUT2D eigenvalue weighted by Gasteiger charge is 2.07. The van der Waals surface area contributed by atoms with E-state index in [9.17, 15) is 8.78 Å². The van der Waals surface area contributed by atoms with Gasteiger partial charge in [-0.1, -0.05) is 0 Å². The van der Waals surface area contributed by atoms with Gasteiger partial charge in [0.15, 0.2) is 11.6 Å². The van der Waals surface area contributed by atoms with Crippen molar-refractivity contribution in [1.82, 2.24) is 4.98 Å². The van der Waals surface area contributed by atoms with Crippen LogP contribution in [0.1, 0.15) is 0 Å².